The largest absolute Gasteiger partial charge is 0.508 e. The van der Waals surface area contributed by atoms with Crippen molar-refractivity contribution in [3.8, 4) is 11.5 Å². The highest BCUT2D eigenvalue weighted by Crippen LogP contribution is 2.35. The first-order valence-corrected chi connectivity index (χ1v) is 22.2. The zero-order valence-corrected chi connectivity index (χ0v) is 28.2. The number of phenols is 2. The normalized spacial score (nSPS) is 28.1. The van der Waals surface area contributed by atoms with Crippen molar-refractivity contribution in [1.82, 2.24) is 0 Å². The van der Waals surface area contributed by atoms with E-state index in [1.54, 1.807) is 38.5 Å². The Kier molecular flexibility index (Phi) is 9.01. The van der Waals surface area contributed by atoms with Gasteiger partial charge in [-0.1, -0.05) is 84.9 Å². The van der Waals surface area contributed by atoms with Crippen LogP contribution < -0.4 is 10.4 Å². The van der Waals surface area contributed by atoms with Crippen LogP contribution in [0.1, 0.15) is 11.1 Å². The van der Waals surface area contributed by atoms with Gasteiger partial charge in [-0.3, -0.25) is 0 Å². The van der Waals surface area contributed by atoms with Gasteiger partial charge in [0.25, 0.3) is 0 Å². The number of rotatable bonds is 8. The molecule has 0 aliphatic carbocycles. The van der Waals surface area contributed by atoms with E-state index in [2.05, 4.69) is 0 Å². The minimum absolute atomic E-state index is 0.166. The van der Waals surface area contributed by atoms with Crippen LogP contribution in [0.5, 0.6) is 11.5 Å². The maximum Gasteiger partial charge on any atom is 0.489 e. The highest BCUT2D eigenvalue weighted by molar-refractivity contribution is 6.99. The standard InChI is InChI=1S/C30H36O8Si4/c1-33-41(23-25-15-19-27(31)20-16-25)36-39(3,29-11-7-5-8-12-29)35-40(4,30-13-9-6-10-14-30)37-42(34-2,38-41)24-26-17-21-28(32)22-18-26/h5-22,31-32H,23-24H2,1-4H3. The second-order valence-corrected chi connectivity index (χ2v) is 23.0. The third-order valence-electron chi connectivity index (χ3n) is 7.33. The van der Waals surface area contributed by atoms with Crippen molar-refractivity contribution in [2.24, 2.45) is 0 Å². The van der Waals surface area contributed by atoms with E-state index in [0.29, 0.717) is 12.1 Å². The number of phenolic OH excluding ortho intramolecular Hbond substituents is 2. The smallest absolute Gasteiger partial charge is 0.489 e. The second-order valence-electron chi connectivity index (χ2n) is 10.5. The molecule has 0 amide bonds. The van der Waals surface area contributed by atoms with Crippen molar-refractivity contribution in [2.75, 3.05) is 14.2 Å². The average molecular weight is 637 g/mol. The SMILES string of the molecule is CO[Si]1(Cc2ccc(O)cc2)O[Si](Cc2ccc(O)cc2)(OC)O[Si](C)(c2ccccc2)O[Si](C)(c2ccccc2)O1. The predicted octanol–water partition coefficient (Wildman–Crippen LogP) is 4.17. The van der Waals surface area contributed by atoms with E-state index in [4.69, 9.17) is 25.3 Å². The molecule has 1 aliphatic rings. The molecular weight excluding hydrogens is 601 g/mol. The average Bonchev–Trinajstić information content (AvgIpc) is 2.99. The minimum Gasteiger partial charge on any atom is -0.508 e. The fourth-order valence-electron chi connectivity index (χ4n) is 5.19. The lowest BCUT2D eigenvalue weighted by molar-refractivity contribution is 0.0971. The maximum absolute atomic E-state index is 9.93. The lowest BCUT2D eigenvalue weighted by atomic mass is 10.2. The summed E-state index contributed by atoms with van der Waals surface area (Å²) in [6.45, 7) is 4.03. The zero-order chi connectivity index (χ0) is 29.8. The first kappa shape index (κ1) is 30.6. The van der Waals surface area contributed by atoms with E-state index >= 15 is 0 Å². The Bertz CT molecular complexity index is 1350. The van der Waals surface area contributed by atoms with Crippen molar-refractivity contribution < 1.29 is 35.5 Å². The molecule has 12 heteroatoms. The van der Waals surface area contributed by atoms with Gasteiger partial charge in [0.05, 0.1) is 0 Å². The number of hydrogen-bond acceptors (Lipinski definition) is 8. The zero-order valence-electron chi connectivity index (χ0n) is 24.2. The van der Waals surface area contributed by atoms with E-state index in [-0.39, 0.29) is 11.5 Å². The molecule has 1 aliphatic heterocycles. The third kappa shape index (κ3) is 6.68. The molecule has 220 valence electrons. The fraction of sp³-hybridized carbons (Fsp3) is 0.200. The Labute approximate surface area is 251 Å². The summed E-state index contributed by atoms with van der Waals surface area (Å²) in [6, 6.07) is 34.3. The van der Waals surface area contributed by atoms with Crippen LogP contribution in [0.25, 0.3) is 0 Å². The van der Waals surface area contributed by atoms with E-state index in [1.807, 2.05) is 98.0 Å². The van der Waals surface area contributed by atoms with Crippen LogP contribution in [0.2, 0.25) is 13.1 Å². The summed E-state index contributed by atoms with van der Waals surface area (Å²) >= 11 is 0. The van der Waals surface area contributed by atoms with Crippen LogP contribution in [-0.2, 0) is 37.4 Å². The molecular formula is C30H36O8Si4. The van der Waals surface area contributed by atoms with E-state index in [9.17, 15) is 10.2 Å². The van der Waals surface area contributed by atoms with Crippen LogP contribution in [-0.4, -0.2) is 59.2 Å². The van der Waals surface area contributed by atoms with Gasteiger partial charge in [-0.2, -0.15) is 0 Å². The fourth-order valence-corrected chi connectivity index (χ4v) is 24.7. The van der Waals surface area contributed by atoms with Crippen molar-refractivity contribution in [2.45, 2.75) is 25.2 Å². The molecule has 5 rings (SSSR count). The molecule has 1 heterocycles. The van der Waals surface area contributed by atoms with Crippen LogP contribution in [0, 0.1) is 0 Å². The minimum atomic E-state index is -3.66. The Morgan fingerprint density at radius 3 is 1.19 bits per heavy atom. The Balaban J connectivity index is 1.69. The lowest BCUT2D eigenvalue weighted by Gasteiger charge is -2.49. The molecule has 1 saturated heterocycles. The molecule has 0 bridgehead atoms. The predicted molar refractivity (Wildman–Crippen MR) is 169 cm³/mol. The van der Waals surface area contributed by atoms with Crippen LogP contribution in [0.15, 0.2) is 109 Å². The first-order chi connectivity index (χ1) is 20.1. The summed E-state index contributed by atoms with van der Waals surface area (Å²) in [5.74, 6) is 0.332. The van der Waals surface area contributed by atoms with Crippen molar-refractivity contribution in [1.29, 1.82) is 0 Å². The Morgan fingerprint density at radius 1 is 0.500 bits per heavy atom. The van der Waals surface area contributed by atoms with Gasteiger partial charge < -0.3 is 35.5 Å². The van der Waals surface area contributed by atoms with Crippen LogP contribution in [0.4, 0.5) is 0 Å². The quantitative estimate of drug-likeness (QED) is 0.279. The summed E-state index contributed by atoms with van der Waals surface area (Å²) < 4.78 is 41.3. The number of aromatic hydroxyl groups is 2. The summed E-state index contributed by atoms with van der Waals surface area (Å²) in [5.41, 5.74) is 1.75. The van der Waals surface area contributed by atoms with Gasteiger partial charge in [0.1, 0.15) is 11.5 Å². The molecule has 42 heavy (non-hydrogen) atoms. The van der Waals surface area contributed by atoms with Gasteiger partial charge in [0.15, 0.2) is 0 Å². The summed E-state index contributed by atoms with van der Waals surface area (Å²) in [6.07, 6.45) is 0. The van der Waals surface area contributed by atoms with Gasteiger partial charge in [0, 0.05) is 26.3 Å². The monoisotopic (exact) mass is 636 g/mol. The van der Waals surface area contributed by atoms with Crippen molar-refractivity contribution in [3.05, 3.63) is 120 Å². The Morgan fingerprint density at radius 2 is 0.857 bits per heavy atom. The van der Waals surface area contributed by atoms with Crippen molar-refractivity contribution >= 4 is 45.1 Å². The molecule has 0 aromatic heterocycles. The second kappa shape index (κ2) is 12.4. The van der Waals surface area contributed by atoms with Gasteiger partial charge in [-0.15, -0.1) is 0 Å². The highest BCUT2D eigenvalue weighted by Gasteiger charge is 2.64. The van der Waals surface area contributed by atoms with E-state index < -0.39 is 34.7 Å². The van der Waals surface area contributed by atoms with E-state index in [1.165, 1.54) is 0 Å². The molecule has 4 aromatic rings. The molecule has 4 unspecified atom stereocenters. The molecule has 2 N–H and O–H groups in total. The van der Waals surface area contributed by atoms with Gasteiger partial charge in [0.2, 0.25) is 0 Å². The van der Waals surface area contributed by atoms with E-state index in [0.717, 1.165) is 21.5 Å². The molecule has 0 saturated carbocycles. The highest BCUT2D eigenvalue weighted by atomic mass is 28.5. The molecule has 1 fully saturated rings. The first-order valence-electron chi connectivity index (χ1n) is 13.7. The summed E-state index contributed by atoms with van der Waals surface area (Å²) in [4.78, 5) is 0. The molecule has 4 aromatic carbocycles. The lowest BCUT2D eigenvalue weighted by Crippen LogP contribution is -2.76. The van der Waals surface area contributed by atoms with Crippen molar-refractivity contribution in [3.63, 3.8) is 0 Å². The number of benzene rings is 4. The van der Waals surface area contributed by atoms with Gasteiger partial charge in [-0.05, 0) is 58.9 Å². The molecule has 0 spiro atoms. The number of hydrogen-bond donors (Lipinski definition) is 2. The topological polar surface area (TPSA) is 95.8 Å². The molecule has 4 atom stereocenters. The van der Waals surface area contributed by atoms with Gasteiger partial charge >= 0.3 is 34.7 Å². The molecule has 0 radical (unpaired) electrons. The maximum atomic E-state index is 9.93. The third-order valence-corrected chi connectivity index (χ3v) is 24.2. The summed E-state index contributed by atoms with van der Waals surface area (Å²) in [5, 5.41) is 21.7. The Hall–Kier alpha value is -2.89. The van der Waals surface area contributed by atoms with Crippen LogP contribution >= 0.6 is 0 Å². The van der Waals surface area contributed by atoms with Crippen LogP contribution in [0.3, 0.4) is 0 Å². The molecule has 8 nitrogen and oxygen atoms in total. The van der Waals surface area contributed by atoms with Gasteiger partial charge in [-0.25, -0.2) is 0 Å². The summed E-state index contributed by atoms with van der Waals surface area (Å²) in [7, 11) is -10.7.